The van der Waals surface area contributed by atoms with Crippen molar-refractivity contribution in [1.29, 1.82) is 0 Å². The molecule has 1 aliphatic heterocycles. The lowest BCUT2D eigenvalue weighted by Crippen LogP contribution is -2.36. The largest absolute Gasteiger partial charge is 0.504 e. The molecule has 0 unspecified atom stereocenters. The summed E-state index contributed by atoms with van der Waals surface area (Å²) in [5.41, 5.74) is 7.19. The maximum Gasteiger partial charge on any atom is 0.294 e. The fraction of sp³-hybridized carbons (Fsp3) is 0.105. The van der Waals surface area contributed by atoms with E-state index in [2.05, 4.69) is 5.32 Å². The molecule has 1 aliphatic rings. The summed E-state index contributed by atoms with van der Waals surface area (Å²) >= 11 is 0.740. The molecule has 0 atom stereocenters. The molecule has 3 rings (SSSR count). The summed E-state index contributed by atoms with van der Waals surface area (Å²) in [5.74, 6) is -0.870. The molecule has 1 heterocycles. The molecule has 144 valence electrons. The van der Waals surface area contributed by atoms with Gasteiger partial charge in [0.15, 0.2) is 11.5 Å². The molecule has 0 aromatic heterocycles. The highest BCUT2D eigenvalue weighted by molar-refractivity contribution is 8.18. The van der Waals surface area contributed by atoms with Crippen LogP contribution in [0.3, 0.4) is 0 Å². The maximum absolute atomic E-state index is 12.5. The number of thioether (sulfide) groups is 1. The topological polar surface area (TPSA) is 122 Å². The lowest BCUT2D eigenvalue weighted by atomic mass is 10.2. The number of ether oxygens (including phenoxy) is 1. The number of rotatable bonds is 5. The third-order valence-electron chi connectivity index (χ3n) is 3.85. The van der Waals surface area contributed by atoms with Gasteiger partial charge in [0.05, 0.1) is 12.0 Å². The van der Waals surface area contributed by atoms with Crippen LogP contribution in [0.4, 0.5) is 16.2 Å². The molecule has 9 heteroatoms. The standard InChI is InChI=1S/C19H17N3O5S/c1-27-15-7-11(5-6-14(15)23)8-16-18(25)22(19(26)28-16)10-17(24)21-13-4-2-3-12(20)9-13/h2-9,23H,10,20H2,1H3,(H,21,24)/b16-8-. The molecule has 0 aliphatic carbocycles. The van der Waals surface area contributed by atoms with Gasteiger partial charge < -0.3 is 20.9 Å². The van der Waals surface area contributed by atoms with Gasteiger partial charge in [0.1, 0.15) is 6.54 Å². The normalized spacial score (nSPS) is 15.2. The number of amides is 3. The summed E-state index contributed by atoms with van der Waals surface area (Å²) in [6.07, 6.45) is 1.50. The SMILES string of the molecule is COc1cc(/C=C2\SC(=O)N(CC(=O)Nc3cccc(N)c3)C2=O)ccc1O. The van der Waals surface area contributed by atoms with E-state index in [0.29, 0.717) is 16.9 Å². The van der Waals surface area contributed by atoms with Gasteiger partial charge in [-0.05, 0) is 53.7 Å². The predicted molar refractivity (Wildman–Crippen MR) is 107 cm³/mol. The molecule has 0 bridgehead atoms. The third-order valence-corrected chi connectivity index (χ3v) is 4.75. The van der Waals surface area contributed by atoms with Crippen LogP contribution in [0, 0.1) is 0 Å². The Labute approximate surface area is 165 Å². The molecule has 2 aromatic carbocycles. The Hall–Kier alpha value is -3.46. The van der Waals surface area contributed by atoms with Gasteiger partial charge in [0.25, 0.3) is 11.1 Å². The van der Waals surface area contributed by atoms with E-state index in [0.717, 1.165) is 16.7 Å². The first kappa shape index (κ1) is 19.3. The summed E-state index contributed by atoms with van der Waals surface area (Å²) < 4.78 is 5.03. The number of benzene rings is 2. The molecule has 1 saturated heterocycles. The highest BCUT2D eigenvalue weighted by Gasteiger charge is 2.36. The minimum Gasteiger partial charge on any atom is -0.504 e. The second-order valence-electron chi connectivity index (χ2n) is 5.87. The average molecular weight is 399 g/mol. The van der Waals surface area contributed by atoms with Gasteiger partial charge >= 0.3 is 0 Å². The molecule has 0 saturated carbocycles. The molecular weight excluding hydrogens is 382 g/mol. The van der Waals surface area contributed by atoms with E-state index in [1.54, 1.807) is 30.3 Å². The van der Waals surface area contributed by atoms with Crippen LogP contribution in [0.15, 0.2) is 47.4 Å². The summed E-state index contributed by atoms with van der Waals surface area (Å²) in [4.78, 5) is 37.9. The number of carbonyl (C=O) groups is 3. The number of nitrogen functional groups attached to an aromatic ring is 1. The van der Waals surface area contributed by atoms with Gasteiger partial charge in [-0.3, -0.25) is 19.3 Å². The number of anilines is 2. The number of hydrogen-bond acceptors (Lipinski definition) is 7. The number of phenols is 1. The number of phenolic OH excluding ortho intramolecular Hbond substituents is 1. The van der Waals surface area contributed by atoms with Crippen LogP contribution in [-0.2, 0) is 9.59 Å². The molecule has 4 N–H and O–H groups in total. The van der Waals surface area contributed by atoms with Gasteiger partial charge in [-0.15, -0.1) is 0 Å². The van der Waals surface area contributed by atoms with Crippen molar-refractivity contribution in [2.75, 3.05) is 24.7 Å². The van der Waals surface area contributed by atoms with E-state index < -0.39 is 23.6 Å². The lowest BCUT2D eigenvalue weighted by Gasteiger charge is -2.12. The van der Waals surface area contributed by atoms with E-state index in [-0.39, 0.29) is 16.4 Å². The molecule has 8 nitrogen and oxygen atoms in total. The van der Waals surface area contributed by atoms with Crippen molar-refractivity contribution in [1.82, 2.24) is 4.90 Å². The Kier molecular flexibility index (Phi) is 5.55. The highest BCUT2D eigenvalue weighted by Crippen LogP contribution is 2.34. The zero-order valence-electron chi connectivity index (χ0n) is 14.8. The molecule has 2 aromatic rings. The summed E-state index contributed by atoms with van der Waals surface area (Å²) in [7, 11) is 1.41. The number of aromatic hydroxyl groups is 1. The molecule has 0 spiro atoms. The van der Waals surface area contributed by atoms with E-state index in [4.69, 9.17) is 10.5 Å². The Bertz CT molecular complexity index is 989. The molecule has 28 heavy (non-hydrogen) atoms. The number of imide groups is 1. The van der Waals surface area contributed by atoms with Gasteiger partial charge in [0.2, 0.25) is 5.91 Å². The maximum atomic E-state index is 12.5. The number of nitrogens with one attached hydrogen (secondary N) is 1. The van der Waals surface area contributed by atoms with Crippen LogP contribution >= 0.6 is 11.8 Å². The third kappa shape index (κ3) is 4.26. The quantitative estimate of drug-likeness (QED) is 0.522. The van der Waals surface area contributed by atoms with E-state index in [1.165, 1.54) is 25.3 Å². The second kappa shape index (κ2) is 8.05. The number of nitrogens with two attached hydrogens (primary N) is 1. The van der Waals surface area contributed by atoms with Gasteiger partial charge in [0, 0.05) is 11.4 Å². The van der Waals surface area contributed by atoms with Crippen molar-refractivity contribution >= 4 is 46.3 Å². The van der Waals surface area contributed by atoms with Crippen molar-refractivity contribution in [3.8, 4) is 11.5 Å². The molecular formula is C19H17N3O5S. The van der Waals surface area contributed by atoms with Gasteiger partial charge in [-0.1, -0.05) is 12.1 Å². The minimum atomic E-state index is -0.565. The summed E-state index contributed by atoms with van der Waals surface area (Å²) in [5, 5.41) is 11.7. The van der Waals surface area contributed by atoms with Gasteiger partial charge in [-0.25, -0.2) is 0 Å². The van der Waals surface area contributed by atoms with Gasteiger partial charge in [-0.2, -0.15) is 0 Å². The highest BCUT2D eigenvalue weighted by atomic mass is 32.2. The van der Waals surface area contributed by atoms with Crippen molar-refractivity contribution in [2.24, 2.45) is 0 Å². The Morgan fingerprint density at radius 2 is 2.07 bits per heavy atom. The molecule has 1 fully saturated rings. The van der Waals surface area contributed by atoms with Crippen LogP contribution in [0.5, 0.6) is 11.5 Å². The fourth-order valence-electron chi connectivity index (χ4n) is 2.53. The van der Waals surface area contributed by atoms with Crippen LogP contribution < -0.4 is 15.8 Å². The van der Waals surface area contributed by atoms with Crippen molar-refractivity contribution in [3.63, 3.8) is 0 Å². The van der Waals surface area contributed by atoms with Crippen LogP contribution in [0.1, 0.15) is 5.56 Å². The first-order valence-electron chi connectivity index (χ1n) is 8.15. The Balaban J connectivity index is 1.72. The van der Waals surface area contributed by atoms with Crippen LogP contribution in [0.2, 0.25) is 0 Å². The van der Waals surface area contributed by atoms with Crippen LogP contribution in [-0.4, -0.2) is 40.7 Å². The fourth-order valence-corrected chi connectivity index (χ4v) is 3.37. The number of carbonyl (C=O) groups excluding carboxylic acids is 3. The van der Waals surface area contributed by atoms with E-state index >= 15 is 0 Å². The smallest absolute Gasteiger partial charge is 0.294 e. The van der Waals surface area contributed by atoms with Crippen LogP contribution in [0.25, 0.3) is 6.08 Å². The van der Waals surface area contributed by atoms with Crippen molar-refractivity contribution < 1.29 is 24.2 Å². The monoisotopic (exact) mass is 399 g/mol. The molecule has 0 radical (unpaired) electrons. The number of nitrogens with zero attached hydrogens (tertiary/aromatic N) is 1. The van der Waals surface area contributed by atoms with E-state index in [1.807, 2.05) is 0 Å². The number of methoxy groups -OCH3 is 1. The van der Waals surface area contributed by atoms with E-state index in [9.17, 15) is 19.5 Å². The first-order chi connectivity index (χ1) is 13.4. The first-order valence-corrected chi connectivity index (χ1v) is 8.97. The summed E-state index contributed by atoms with van der Waals surface area (Å²) in [6, 6.07) is 11.1. The minimum absolute atomic E-state index is 0.0361. The Morgan fingerprint density at radius 3 is 2.79 bits per heavy atom. The average Bonchev–Trinajstić information content (AvgIpc) is 2.90. The predicted octanol–water partition coefficient (Wildman–Crippen LogP) is 2.66. The number of hydrogen-bond donors (Lipinski definition) is 3. The Morgan fingerprint density at radius 1 is 1.29 bits per heavy atom. The van der Waals surface area contributed by atoms with Crippen molar-refractivity contribution in [2.45, 2.75) is 0 Å². The lowest BCUT2D eigenvalue weighted by molar-refractivity contribution is -0.127. The second-order valence-corrected chi connectivity index (χ2v) is 6.87. The zero-order chi connectivity index (χ0) is 20.3. The summed E-state index contributed by atoms with van der Waals surface area (Å²) in [6.45, 7) is -0.407. The van der Waals surface area contributed by atoms with Crippen molar-refractivity contribution in [3.05, 3.63) is 52.9 Å². The zero-order valence-corrected chi connectivity index (χ0v) is 15.7. The molecule has 3 amide bonds.